The Bertz CT molecular complexity index is 1470. The minimum atomic E-state index is -3.98. The van der Waals surface area contributed by atoms with E-state index in [0.717, 1.165) is 16.7 Å². The van der Waals surface area contributed by atoms with Gasteiger partial charge in [0.05, 0.1) is 17.5 Å². The standard InChI is InChI=1S/C23H20N6O3S/c1-15-7-6-8-16(2)22(15)19-11-21(32-20-10-5-4-9-17(20)12-24)27-23(26-19)28-33(30,31)18-13-25-29(3)14-18/h4-11,13-14H,1-3H3,(H,26,27,28). The summed E-state index contributed by atoms with van der Waals surface area (Å²) in [5, 5.41) is 13.3. The van der Waals surface area contributed by atoms with E-state index in [2.05, 4.69) is 25.9 Å². The molecule has 0 unspecified atom stereocenters. The summed E-state index contributed by atoms with van der Waals surface area (Å²) in [5.41, 5.74) is 3.55. The third-order valence-electron chi connectivity index (χ3n) is 4.88. The van der Waals surface area contributed by atoms with Crippen molar-refractivity contribution >= 4 is 16.0 Å². The van der Waals surface area contributed by atoms with Crippen LogP contribution in [0.4, 0.5) is 5.95 Å². The van der Waals surface area contributed by atoms with E-state index in [4.69, 9.17) is 4.74 Å². The van der Waals surface area contributed by atoms with E-state index in [1.54, 1.807) is 37.4 Å². The van der Waals surface area contributed by atoms with Crippen molar-refractivity contribution < 1.29 is 13.2 Å². The van der Waals surface area contributed by atoms with E-state index >= 15 is 0 Å². The number of hydrogen-bond donors (Lipinski definition) is 1. The number of aromatic nitrogens is 4. The maximum atomic E-state index is 12.8. The average Bonchev–Trinajstić information content (AvgIpc) is 3.21. The van der Waals surface area contributed by atoms with Gasteiger partial charge in [-0.15, -0.1) is 0 Å². The molecule has 0 spiro atoms. The number of sulfonamides is 1. The zero-order chi connectivity index (χ0) is 23.6. The van der Waals surface area contributed by atoms with Crippen molar-refractivity contribution in [3.05, 3.63) is 77.6 Å². The highest BCUT2D eigenvalue weighted by Gasteiger charge is 2.20. The van der Waals surface area contributed by atoms with E-state index < -0.39 is 10.0 Å². The number of aryl methyl sites for hydroxylation is 3. The van der Waals surface area contributed by atoms with Crippen molar-refractivity contribution in [3.8, 4) is 29.0 Å². The number of rotatable bonds is 6. The Balaban J connectivity index is 1.82. The summed E-state index contributed by atoms with van der Waals surface area (Å²) in [6.07, 6.45) is 2.61. The van der Waals surface area contributed by atoms with Crippen molar-refractivity contribution in [2.45, 2.75) is 18.7 Å². The van der Waals surface area contributed by atoms with Crippen molar-refractivity contribution in [1.29, 1.82) is 5.26 Å². The molecule has 0 bridgehead atoms. The van der Waals surface area contributed by atoms with Gasteiger partial charge in [0.15, 0.2) is 0 Å². The van der Waals surface area contributed by atoms with Crippen molar-refractivity contribution in [2.24, 2.45) is 7.05 Å². The van der Waals surface area contributed by atoms with E-state index in [0.29, 0.717) is 17.0 Å². The van der Waals surface area contributed by atoms with E-state index in [-0.39, 0.29) is 16.7 Å². The molecule has 166 valence electrons. The third kappa shape index (κ3) is 4.68. The van der Waals surface area contributed by atoms with Gasteiger partial charge in [0.1, 0.15) is 16.7 Å². The number of anilines is 1. The quantitative estimate of drug-likeness (QED) is 0.462. The summed E-state index contributed by atoms with van der Waals surface area (Å²) in [6, 6.07) is 16.2. The lowest BCUT2D eigenvalue weighted by molar-refractivity contribution is 0.461. The topological polar surface area (TPSA) is 123 Å². The number of para-hydroxylation sites is 1. The second-order valence-corrected chi connectivity index (χ2v) is 9.03. The Kier molecular flexibility index (Phi) is 5.81. The maximum absolute atomic E-state index is 12.8. The third-order valence-corrected chi connectivity index (χ3v) is 6.16. The molecule has 33 heavy (non-hydrogen) atoms. The van der Waals surface area contributed by atoms with Gasteiger partial charge in [0.25, 0.3) is 10.0 Å². The van der Waals surface area contributed by atoms with Crippen LogP contribution in [-0.4, -0.2) is 28.2 Å². The minimum Gasteiger partial charge on any atom is -0.437 e. The molecule has 0 aliphatic rings. The molecule has 0 aliphatic carbocycles. The van der Waals surface area contributed by atoms with Crippen LogP contribution in [0.1, 0.15) is 16.7 Å². The lowest BCUT2D eigenvalue weighted by Crippen LogP contribution is -2.15. The summed E-state index contributed by atoms with van der Waals surface area (Å²) in [6.45, 7) is 3.88. The first-order chi connectivity index (χ1) is 15.8. The van der Waals surface area contributed by atoms with Gasteiger partial charge in [-0.25, -0.2) is 18.1 Å². The minimum absolute atomic E-state index is 0.0247. The molecule has 0 saturated carbocycles. The molecule has 9 nitrogen and oxygen atoms in total. The molecule has 0 aliphatic heterocycles. The van der Waals surface area contributed by atoms with Crippen molar-refractivity contribution in [1.82, 2.24) is 19.7 Å². The Morgan fingerprint density at radius 2 is 1.79 bits per heavy atom. The molecule has 0 amide bonds. The molecule has 2 aromatic heterocycles. The smallest absolute Gasteiger partial charge is 0.267 e. The van der Waals surface area contributed by atoms with Crippen LogP contribution >= 0.6 is 0 Å². The van der Waals surface area contributed by atoms with E-state index in [9.17, 15) is 13.7 Å². The first kappa shape index (κ1) is 22.0. The van der Waals surface area contributed by atoms with Crippen LogP contribution in [0.5, 0.6) is 11.6 Å². The molecular formula is C23H20N6O3S. The molecule has 0 saturated heterocycles. The summed E-state index contributed by atoms with van der Waals surface area (Å²) in [4.78, 5) is 8.67. The summed E-state index contributed by atoms with van der Waals surface area (Å²) < 4.78 is 35.3. The van der Waals surface area contributed by atoms with Gasteiger partial charge in [-0.05, 0) is 37.1 Å². The largest absolute Gasteiger partial charge is 0.437 e. The summed E-state index contributed by atoms with van der Waals surface area (Å²) >= 11 is 0. The second-order valence-electron chi connectivity index (χ2n) is 7.35. The van der Waals surface area contributed by atoms with Gasteiger partial charge in [-0.2, -0.15) is 15.3 Å². The highest BCUT2D eigenvalue weighted by atomic mass is 32.2. The summed E-state index contributed by atoms with van der Waals surface area (Å²) in [5.74, 6) is 0.227. The van der Waals surface area contributed by atoms with E-state index in [1.807, 2.05) is 32.0 Å². The van der Waals surface area contributed by atoms with E-state index in [1.165, 1.54) is 17.1 Å². The molecule has 10 heteroatoms. The highest BCUT2D eigenvalue weighted by molar-refractivity contribution is 7.92. The SMILES string of the molecule is Cc1cccc(C)c1-c1cc(Oc2ccccc2C#N)nc(NS(=O)(=O)c2cnn(C)c2)n1. The highest BCUT2D eigenvalue weighted by Crippen LogP contribution is 2.31. The number of hydrogen-bond acceptors (Lipinski definition) is 7. The molecule has 1 N–H and O–H groups in total. The van der Waals surface area contributed by atoms with Crippen LogP contribution in [0, 0.1) is 25.2 Å². The van der Waals surface area contributed by atoms with Crippen LogP contribution in [0.2, 0.25) is 0 Å². The fraction of sp³-hybridized carbons (Fsp3) is 0.130. The number of nitrogens with one attached hydrogen (secondary N) is 1. The number of nitrogens with zero attached hydrogens (tertiary/aromatic N) is 5. The van der Waals surface area contributed by atoms with Gasteiger partial charge in [-0.1, -0.05) is 30.3 Å². The summed E-state index contributed by atoms with van der Waals surface area (Å²) in [7, 11) is -2.36. The van der Waals surface area contributed by atoms with Gasteiger partial charge < -0.3 is 4.74 Å². The number of nitriles is 1. The number of benzene rings is 2. The average molecular weight is 461 g/mol. The number of ether oxygens (including phenoxy) is 1. The monoisotopic (exact) mass is 460 g/mol. The molecule has 4 aromatic rings. The van der Waals surface area contributed by atoms with Crippen molar-refractivity contribution in [2.75, 3.05) is 4.72 Å². The predicted octanol–water partition coefficient (Wildman–Crippen LogP) is 3.96. The Labute approximate surface area is 191 Å². The Hall–Kier alpha value is -4.23. The molecule has 2 heterocycles. The molecule has 0 fully saturated rings. The Morgan fingerprint density at radius 1 is 1.06 bits per heavy atom. The molecule has 0 radical (unpaired) electrons. The zero-order valence-electron chi connectivity index (χ0n) is 18.1. The van der Waals surface area contributed by atoms with Gasteiger partial charge in [0, 0.05) is 24.9 Å². The molecule has 2 aromatic carbocycles. The fourth-order valence-corrected chi connectivity index (χ4v) is 4.27. The Morgan fingerprint density at radius 3 is 2.45 bits per heavy atom. The van der Waals surface area contributed by atoms with Crippen LogP contribution < -0.4 is 9.46 Å². The first-order valence-electron chi connectivity index (χ1n) is 9.91. The molecule has 0 atom stereocenters. The van der Waals surface area contributed by atoms with Crippen LogP contribution in [0.25, 0.3) is 11.3 Å². The van der Waals surface area contributed by atoms with Crippen LogP contribution in [-0.2, 0) is 17.1 Å². The lowest BCUT2D eigenvalue weighted by atomic mass is 10.00. The molecular weight excluding hydrogens is 440 g/mol. The predicted molar refractivity (Wildman–Crippen MR) is 122 cm³/mol. The first-order valence-corrected chi connectivity index (χ1v) is 11.4. The second kappa shape index (κ2) is 8.72. The molecule has 4 rings (SSSR count). The normalized spacial score (nSPS) is 11.1. The van der Waals surface area contributed by atoms with Crippen LogP contribution in [0.15, 0.2) is 65.8 Å². The van der Waals surface area contributed by atoms with Crippen LogP contribution in [0.3, 0.4) is 0 Å². The fourth-order valence-electron chi connectivity index (χ4n) is 3.35. The van der Waals surface area contributed by atoms with Crippen molar-refractivity contribution in [3.63, 3.8) is 0 Å². The van der Waals surface area contributed by atoms with Gasteiger partial charge >= 0.3 is 0 Å². The maximum Gasteiger partial charge on any atom is 0.267 e. The zero-order valence-corrected chi connectivity index (χ0v) is 19.0. The van der Waals surface area contributed by atoms with Gasteiger partial charge in [-0.3, -0.25) is 4.68 Å². The lowest BCUT2D eigenvalue weighted by Gasteiger charge is -2.14. The van der Waals surface area contributed by atoms with Gasteiger partial charge in [0.2, 0.25) is 11.8 Å².